The lowest BCUT2D eigenvalue weighted by Gasteiger charge is -2.03. The Morgan fingerprint density at radius 2 is 1.94 bits per heavy atom. The van der Waals surface area contributed by atoms with E-state index in [0.29, 0.717) is 0 Å². The quantitative estimate of drug-likeness (QED) is 0.498. The van der Waals surface area contributed by atoms with Crippen molar-refractivity contribution in [1.29, 1.82) is 0 Å². The van der Waals surface area contributed by atoms with Crippen LogP contribution in [0.5, 0.6) is 0 Å². The molecule has 2 rings (SSSR count). The van der Waals surface area contributed by atoms with Crippen LogP contribution in [0.1, 0.15) is 12.0 Å². The number of nitrogens with two attached hydrogens (primary N) is 1. The van der Waals surface area contributed by atoms with E-state index in [2.05, 4.69) is 17.1 Å². The fraction of sp³-hybridized carbons (Fsp3) is 0.214. The maximum Gasteiger partial charge on any atom is 0.0316 e. The van der Waals surface area contributed by atoms with Crippen LogP contribution in [0.2, 0.25) is 0 Å². The molecular formula is C14H16N2S. The van der Waals surface area contributed by atoms with Crippen LogP contribution >= 0.6 is 11.8 Å². The largest absolute Gasteiger partial charge is 0.399 e. The summed E-state index contributed by atoms with van der Waals surface area (Å²) in [5.41, 5.74) is 7.91. The molecule has 17 heavy (non-hydrogen) atoms. The Balaban J connectivity index is 1.73. The minimum Gasteiger partial charge on any atom is -0.399 e. The van der Waals surface area contributed by atoms with Crippen LogP contribution in [-0.4, -0.2) is 10.7 Å². The molecule has 88 valence electrons. The van der Waals surface area contributed by atoms with Crippen LogP contribution in [0.3, 0.4) is 0 Å². The van der Waals surface area contributed by atoms with Gasteiger partial charge in [0.05, 0.1) is 0 Å². The molecule has 1 aromatic heterocycles. The molecule has 3 heteroatoms. The van der Waals surface area contributed by atoms with E-state index in [1.165, 1.54) is 10.5 Å². The van der Waals surface area contributed by atoms with Crippen molar-refractivity contribution in [3.05, 3.63) is 54.4 Å². The zero-order chi connectivity index (χ0) is 11.9. The van der Waals surface area contributed by atoms with Crippen molar-refractivity contribution in [2.75, 3.05) is 11.5 Å². The molecule has 0 saturated carbocycles. The summed E-state index contributed by atoms with van der Waals surface area (Å²) < 4.78 is 0. The van der Waals surface area contributed by atoms with Gasteiger partial charge in [-0.1, -0.05) is 12.1 Å². The Kier molecular flexibility index (Phi) is 4.45. The van der Waals surface area contributed by atoms with Gasteiger partial charge in [-0.05, 0) is 48.4 Å². The average Bonchev–Trinajstić information content (AvgIpc) is 2.36. The summed E-state index contributed by atoms with van der Waals surface area (Å²) >= 11 is 1.87. The first-order chi connectivity index (χ1) is 8.34. The summed E-state index contributed by atoms with van der Waals surface area (Å²) in [7, 11) is 0. The summed E-state index contributed by atoms with van der Waals surface area (Å²) in [6.07, 6.45) is 5.92. The molecule has 0 saturated heterocycles. The summed E-state index contributed by atoms with van der Waals surface area (Å²) in [5, 5.41) is 0. The van der Waals surface area contributed by atoms with Gasteiger partial charge < -0.3 is 5.73 Å². The van der Waals surface area contributed by atoms with E-state index >= 15 is 0 Å². The third kappa shape index (κ3) is 4.11. The third-order valence-electron chi connectivity index (χ3n) is 2.48. The normalized spacial score (nSPS) is 10.4. The van der Waals surface area contributed by atoms with Crippen LogP contribution < -0.4 is 5.73 Å². The maximum absolute atomic E-state index is 5.74. The Labute approximate surface area is 106 Å². The monoisotopic (exact) mass is 244 g/mol. The second kappa shape index (κ2) is 6.30. The highest BCUT2D eigenvalue weighted by molar-refractivity contribution is 7.99. The van der Waals surface area contributed by atoms with Crippen LogP contribution in [0.4, 0.5) is 5.69 Å². The molecule has 2 aromatic rings. The van der Waals surface area contributed by atoms with E-state index < -0.39 is 0 Å². The molecule has 2 N–H and O–H groups in total. The van der Waals surface area contributed by atoms with E-state index in [9.17, 15) is 0 Å². The lowest BCUT2D eigenvalue weighted by molar-refractivity contribution is 0.933. The number of hydrogen-bond acceptors (Lipinski definition) is 3. The van der Waals surface area contributed by atoms with Crippen LogP contribution in [0.25, 0.3) is 0 Å². The Hall–Kier alpha value is -1.48. The first kappa shape index (κ1) is 12.0. The standard InChI is InChI=1S/C14H16N2S/c15-13-5-1-3-12(11-13)4-2-10-17-14-6-8-16-9-7-14/h1,3,5-9,11H,2,4,10,15H2. The molecule has 0 fully saturated rings. The summed E-state index contributed by atoms with van der Waals surface area (Å²) in [5.74, 6) is 1.12. The van der Waals surface area contributed by atoms with Crippen LogP contribution in [-0.2, 0) is 6.42 Å². The average molecular weight is 244 g/mol. The number of nitrogen functional groups attached to an aromatic ring is 1. The minimum absolute atomic E-state index is 0.851. The molecule has 0 spiro atoms. The van der Waals surface area contributed by atoms with Gasteiger partial charge in [-0.15, -0.1) is 11.8 Å². The van der Waals surface area contributed by atoms with E-state index in [-0.39, 0.29) is 0 Å². The smallest absolute Gasteiger partial charge is 0.0316 e. The lowest BCUT2D eigenvalue weighted by Crippen LogP contribution is -1.90. The highest BCUT2D eigenvalue weighted by Gasteiger charge is 1.96. The van der Waals surface area contributed by atoms with Crippen molar-refractivity contribution in [1.82, 2.24) is 4.98 Å². The van der Waals surface area contributed by atoms with Gasteiger partial charge in [0, 0.05) is 23.0 Å². The number of thioether (sulfide) groups is 1. The first-order valence-corrected chi connectivity index (χ1v) is 6.70. The molecule has 1 heterocycles. The van der Waals surface area contributed by atoms with Gasteiger partial charge in [0.2, 0.25) is 0 Å². The predicted octanol–water partition coefficient (Wildman–Crippen LogP) is 3.39. The van der Waals surface area contributed by atoms with Crippen molar-refractivity contribution < 1.29 is 0 Å². The highest BCUT2D eigenvalue weighted by Crippen LogP contribution is 2.18. The van der Waals surface area contributed by atoms with Crippen molar-refractivity contribution in [3.8, 4) is 0 Å². The second-order valence-corrected chi connectivity index (χ2v) is 5.05. The fourth-order valence-corrected chi connectivity index (χ4v) is 2.49. The first-order valence-electron chi connectivity index (χ1n) is 5.72. The molecule has 0 bridgehead atoms. The Morgan fingerprint density at radius 1 is 1.12 bits per heavy atom. The van der Waals surface area contributed by atoms with Gasteiger partial charge in [0.25, 0.3) is 0 Å². The molecule has 0 atom stereocenters. The van der Waals surface area contributed by atoms with Gasteiger partial charge >= 0.3 is 0 Å². The molecule has 0 aliphatic carbocycles. The van der Waals surface area contributed by atoms with Crippen molar-refractivity contribution in [3.63, 3.8) is 0 Å². The van der Waals surface area contributed by atoms with Crippen molar-refractivity contribution in [2.24, 2.45) is 0 Å². The number of nitrogens with zero attached hydrogens (tertiary/aromatic N) is 1. The number of anilines is 1. The van der Waals surface area contributed by atoms with Gasteiger partial charge in [-0.2, -0.15) is 0 Å². The second-order valence-electron chi connectivity index (χ2n) is 3.88. The highest BCUT2D eigenvalue weighted by atomic mass is 32.2. The number of rotatable bonds is 5. The van der Waals surface area contributed by atoms with Crippen LogP contribution in [0, 0.1) is 0 Å². The Bertz CT molecular complexity index is 457. The van der Waals surface area contributed by atoms with E-state index in [0.717, 1.165) is 24.3 Å². The van der Waals surface area contributed by atoms with Gasteiger partial charge in [-0.25, -0.2) is 0 Å². The summed E-state index contributed by atoms with van der Waals surface area (Å²) in [4.78, 5) is 5.29. The van der Waals surface area contributed by atoms with Crippen LogP contribution in [0.15, 0.2) is 53.7 Å². The topological polar surface area (TPSA) is 38.9 Å². The zero-order valence-electron chi connectivity index (χ0n) is 9.67. The lowest BCUT2D eigenvalue weighted by atomic mass is 10.1. The van der Waals surface area contributed by atoms with Gasteiger partial charge in [0.15, 0.2) is 0 Å². The molecular weight excluding hydrogens is 228 g/mol. The van der Waals surface area contributed by atoms with E-state index in [1.54, 1.807) is 0 Å². The SMILES string of the molecule is Nc1cccc(CCCSc2ccncc2)c1. The van der Waals surface area contributed by atoms with Gasteiger partial charge in [-0.3, -0.25) is 4.98 Å². The molecule has 0 aliphatic rings. The van der Waals surface area contributed by atoms with E-state index in [4.69, 9.17) is 5.73 Å². The maximum atomic E-state index is 5.74. The number of hydrogen-bond donors (Lipinski definition) is 1. The third-order valence-corrected chi connectivity index (χ3v) is 3.58. The molecule has 0 unspecified atom stereocenters. The molecule has 1 aromatic carbocycles. The van der Waals surface area contributed by atoms with Crippen molar-refractivity contribution in [2.45, 2.75) is 17.7 Å². The van der Waals surface area contributed by atoms with Gasteiger partial charge in [0.1, 0.15) is 0 Å². The molecule has 2 nitrogen and oxygen atoms in total. The minimum atomic E-state index is 0.851. The number of aromatic nitrogens is 1. The fourth-order valence-electron chi connectivity index (χ4n) is 1.65. The number of aryl methyl sites for hydroxylation is 1. The predicted molar refractivity (Wildman–Crippen MR) is 74.1 cm³/mol. The Morgan fingerprint density at radius 3 is 2.71 bits per heavy atom. The molecule has 0 radical (unpaired) electrons. The van der Waals surface area contributed by atoms with Crippen molar-refractivity contribution >= 4 is 17.4 Å². The number of pyridine rings is 1. The summed E-state index contributed by atoms with van der Waals surface area (Å²) in [6.45, 7) is 0. The number of benzene rings is 1. The summed E-state index contributed by atoms with van der Waals surface area (Å²) in [6, 6.07) is 12.2. The molecule has 0 aliphatic heterocycles. The zero-order valence-corrected chi connectivity index (χ0v) is 10.5. The molecule has 0 amide bonds. The van der Waals surface area contributed by atoms with E-state index in [1.807, 2.05) is 48.4 Å².